The van der Waals surface area contributed by atoms with Gasteiger partial charge < -0.3 is 0 Å². The maximum atomic E-state index is 3.51. The van der Waals surface area contributed by atoms with Gasteiger partial charge in [-0.05, 0) is 79.3 Å². The lowest BCUT2D eigenvalue weighted by atomic mass is 9.92. The van der Waals surface area contributed by atoms with Crippen LogP contribution in [0.5, 0.6) is 0 Å². The lowest BCUT2D eigenvalue weighted by Gasteiger charge is -2.13. The van der Waals surface area contributed by atoms with Gasteiger partial charge in [0.25, 0.3) is 0 Å². The molecule has 0 saturated carbocycles. The van der Waals surface area contributed by atoms with Crippen LogP contribution in [0.25, 0.3) is 0 Å². The van der Waals surface area contributed by atoms with Crippen LogP contribution >= 0.6 is 0 Å². The maximum absolute atomic E-state index is 3.51. The van der Waals surface area contributed by atoms with E-state index in [1.807, 2.05) is 0 Å². The summed E-state index contributed by atoms with van der Waals surface area (Å²) in [6.07, 6.45) is 6.96. The normalized spacial score (nSPS) is 10.8. The van der Waals surface area contributed by atoms with Gasteiger partial charge in [0, 0.05) is 0 Å². The van der Waals surface area contributed by atoms with Crippen molar-refractivity contribution >= 4 is 0 Å². The third-order valence-corrected chi connectivity index (χ3v) is 4.90. The van der Waals surface area contributed by atoms with Crippen LogP contribution in [0.2, 0.25) is 0 Å². The van der Waals surface area contributed by atoms with Gasteiger partial charge in [-0.1, -0.05) is 72.8 Å². The summed E-state index contributed by atoms with van der Waals surface area (Å²) in [6, 6.07) is 29.4. The average Bonchev–Trinajstić information content (AvgIpc) is 2.65. The molecule has 0 nitrogen and oxygen atoms in total. The molecular weight excluding hydrogens is 300 g/mol. The Balaban J connectivity index is 1.57. The van der Waals surface area contributed by atoms with E-state index in [0.717, 1.165) is 25.7 Å². The highest BCUT2D eigenvalue weighted by Crippen LogP contribution is 2.19. The van der Waals surface area contributed by atoms with E-state index in [2.05, 4.69) is 85.8 Å². The first-order chi connectivity index (χ1) is 12.3. The fraction of sp³-hybridized carbons (Fsp3) is 0.280. The molecule has 0 saturated heterocycles. The van der Waals surface area contributed by atoms with Crippen LogP contribution in [-0.4, -0.2) is 0 Å². The summed E-state index contributed by atoms with van der Waals surface area (Å²) in [5, 5.41) is 0. The van der Waals surface area contributed by atoms with Crippen molar-refractivity contribution in [2.75, 3.05) is 0 Å². The van der Waals surface area contributed by atoms with Crippen molar-refractivity contribution in [1.82, 2.24) is 0 Å². The largest absolute Gasteiger partial charge is 0.0622 e. The van der Waals surface area contributed by atoms with Crippen molar-refractivity contribution in [3.63, 3.8) is 0 Å². The summed E-state index contributed by atoms with van der Waals surface area (Å²) in [7, 11) is 0. The molecule has 3 rings (SSSR count). The molecular formula is C25H27. The van der Waals surface area contributed by atoms with Gasteiger partial charge in [0.1, 0.15) is 0 Å². The minimum absolute atomic E-state index is 1.12. The summed E-state index contributed by atoms with van der Waals surface area (Å²) < 4.78 is 0. The first-order valence-electron chi connectivity index (χ1n) is 9.40. The standard InChI is InChI=1S/C25H27/c1-21-11-8-18-24(19-9-16-22-12-4-2-5-13-22)25(21)20-10-17-23-14-6-3-7-15-23/h2-8,11-15H,9-10,16-17,19-20H2,1H3. The van der Waals surface area contributed by atoms with Gasteiger partial charge in [0.05, 0.1) is 0 Å². The summed E-state index contributed by atoms with van der Waals surface area (Å²) >= 11 is 0. The quantitative estimate of drug-likeness (QED) is 0.466. The molecule has 3 aromatic rings. The monoisotopic (exact) mass is 327 g/mol. The van der Waals surface area contributed by atoms with Gasteiger partial charge in [-0.3, -0.25) is 0 Å². The maximum Gasteiger partial charge on any atom is -0.0146 e. The fourth-order valence-electron chi connectivity index (χ4n) is 3.49. The second-order valence-electron chi connectivity index (χ2n) is 6.80. The summed E-state index contributed by atoms with van der Waals surface area (Å²) in [5.41, 5.74) is 7.23. The Labute approximate surface area is 152 Å². The highest BCUT2D eigenvalue weighted by atomic mass is 14.1. The van der Waals surface area contributed by atoms with Crippen LogP contribution < -0.4 is 0 Å². The van der Waals surface area contributed by atoms with Crippen molar-refractivity contribution in [3.05, 3.63) is 107 Å². The van der Waals surface area contributed by atoms with E-state index in [1.54, 1.807) is 0 Å². The molecule has 0 heterocycles. The van der Waals surface area contributed by atoms with Gasteiger partial charge in [-0.15, -0.1) is 0 Å². The third-order valence-electron chi connectivity index (χ3n) is 4.90. The van der Waals surface area contributed by atoms with Crippen LogP contribution in [0.15, 0.2) is 72.8 Å². The van der Waals surface area contributed by atoms with Crippen molar-refractivity contribution in [2.45, 2.75) is 45.4 Å². The molecule has 0 N–H and O–H groups in total. The summed E-state index contributed by atoms with van der Waals surface area (Å²) in [5.74, 6) is 0. The minimum atomic E-state index is 1.12. The smallest absolute Gasteiger partial charge is 0.0146 e. The zero-order valence-corrected chi connectivity index (χ0v) is 15.2. The molecule has 0 aliphatic heterocycles. The highest BCUT2D eigenvalue weighted by molar-refractivity contribution is 5.34. The SMILES string of the molecule is Cc1cc[c]c(CCCc2ccccc2)c1CCCc1ccccc1. The highest BCUT2D eigenvalue weighted by Gasteiger charge is 2.06. The number of hydrogen-bond acceptors (Lipinski definition) is 0. The minimum Gasteiger partial charge on any atom is -0.0622 e. The van der Waals surface area contributed by atoms with Crippen LogP contribution in [-0.2, 0) is 25.7 Å². The Morgan fingerprint density at radius 3 is 1.80 bits per heavy atom. The van der Waals surface area contributed by atoms with Crippen molar-refractivity contribution in [2.24, 2.45) is 0 Å². The second kappa shape index (κ2) is 9.22. The van der Waals surface area contributed by atoms with Gasteiger partial charge in [-0.25, -0.2) is 0 Å². The van der Waals surface area contributed by atoms with Gasteiger partial charge in [0.2, 0.25) is 0 Å². The van der Waals surface area contributed by atoms with Crippen molar-refractivity contribution in [3.8, 4) is 0 Å². The predicted molar refractivity (Wildman–Crippen MR) is 107 cm³/mol. The van der Waals surface area contributed by atoms with Gasteiger partial charge in [0.15, 0.2) is 0 Å². The van der Waals surface area contributed by atoms with E-state index in [1.165, 1.54) is 40.7 Å². The number of hydrogen-bond donors (Lipinski definition) is 0. The predicted octanol–water partition coefficient (Wildman–Crippen LogP) is 6.15. The number of benzene rings is 3. The Morgan fingerprint density at radius 2 is 1.20 bits per heavy atom. The lowest BCUT2D eigenvalue weighted by molar-refractivity contribution is 0.775. The Kier molecular flexibility index (Phi) is 6.45. The van der Waals surface area contributed by atoms with E-state index < -0.39 is 0 Å². The molecule has 0 amide bonds. The molecule has 0 atom stereocenters. The van der Waals surface area contributed by atoms with Crippen LogP contribution in [0.4, 0.5) is 0 Å². The Morgan fingerprint density at radius 1 is 0.640 bits per heavy atom. The van der Waals surface area contributed by atoms with E-state index in [-0.39, 0.29) is 0 Å². The second-order valence-corrected chi connectivity index (χ2v) is 6.80. The molecule has 127 valence electrons. The van der Waals surface area contributed by atoms with E-state index >= 15 is 0 Å². The van der Waals surface area contributed by atoms with Crippen molar-refractivity contribution in [1.29, 1.82) is 0 Å². The molecule has 0 bridgehead atoms. The molecule has 1 radical (unpaired) electrons. The summed E-state index contributed by atoms with van der Waals surface area (Å²) in [6.45, 7) is 2.24. The molecule has 0 aliphatic carbocycles. The van der Waals surface area contributed by atoms with Crippen molar-refractivity contribution < 1.29 is 0 Å². The van der Waals surface area contributed by atoms with Gasteiger partial charge in [-0.2, -0.15) is 0 Å². The topological polar surface area (TPSA) is 0 Å². The fourth-order valence-corrected chi connectivity index (χ4v) is 3.49. The molecule has 0 unspecified atom stereocenters. The van der Waals surface area contributed by atoms with Gasteiger partial charge >= 0.3 is 0 Å². The Bertz CT molecular complexity index is 757. The first kappa shape index (κ1) is 17.5. The third kappa shape index (κ3) is 5.32. The van der Waals surface area contributed by atoms with Crippen LogP contribution in [0, 0.1) is 13.0 Å². The Hall–Kier alpha value is -2.34. The average molecular weight is 327 g/mol. The molecule has 0 heteroatoms. The number of aryl methyl sites for hydroxylation is 4. The molecule has 0 aromatic heterocycles. The van der Waals surface area contributed by atoms with E-state index in [4.69, 9.17) is 0 Å². The summed E-state index contributed by atoms with van der Waals surface area (Å²) in [4.78, 5) is 0. The van der Waals surface area contributed by atoms with Crippen LogP contribution in [0.3, 0.4) is 0 Å². The zero-order valence-electron chi connectivity index (χ0n) is 15.2. The molecule has 3 aromatic carbocycles. The molecule has 0 spiro atoms. The lowest BCUT2D eigenvalue weighted by Crippen LogP contribution is -2.00. The molecule has 25 heavy (non-hydrogen) atoms. The number of rotatable bonds is 8. The first-order valence-corrected chi connectivity index (χ1v) is 9.40. The molecule has 0 aliphatic rings. The van der Waals surface area contributed by atoms with E-state index in [9.17, 15) is 0 Å². The van der Waals surface area contributed by atoms with E-state index in [0.29, 0.717) is 0 Å². The molecule has 0 fully saturated rings. The zero-order chi connectivity index (χ0) is 17.3. The van der Waals surface area contributed by atoms with Crippen LogP contribution in [0.1, 0.15) is 40.7 Å².